The Balaban J connectivity index is 1.37. The van der Waals surface area contributed by atoms with Gasteiger partial charge in [0.25, 0.3) is 11.8 Å². The van der Waals surface area contributed by atoms with E-state index in [1.54, 1.807) is 49.4 Å². The van der Waals surface area contributed by atoms with Gasteiger partial charge in [-0.2, -0.15) is 0 Å². The molecule has 4 aromatic rings. The van der Waals surface area contributed by atoms with Crippen LogP contribution >= 0.6 is 0 Å². The number of nitrogens with one attached hydrogen (secondary N) is 3. The van der Waals surface area contributed by atoms with E-state index in [2.05, 4.69) is 25.9 Å². The van der Waals surface area contributed by atoms with Crippen LogP contribution in [0.2, 0.25) is 0 Å². The molecule has 224 valence electrons. The number of urea groups is 1. The average molecular weight is 601 g/mol. The van der Waals surface area contributed by atoms with Crippen LogP contribution in [-0.4, -0.2) is 46.9 Å². The first-order chi connectivity index (χ1) is 21.1. The Morgan fingerprint density at radius 2 is 1.68 bits per heavy atom. The molecule has 2 aliphatic rings. The number of amides is 4. The summed E-state index contributed by atoms with van der Waals surface area (Å²) in [5.74, 6) is -1.66. The fraction of sp³-hybridized carbons (Fsp3) is 0.194. The van der Waals surface area contributed by atoms with Gasteiger partial charge < -0.3 is 25.0 Å². The Labute approximate surface area is 250 Å². The summed E-state index contributed by atoms with van der Waals surface area (Å²) in [5.41, 5.74) is 0.441. The maximum Gasteiger partial charge on any atom is 0.322 e. The molecule has 11 nitrogen and oxygen atoms in total. The fourth-order valence-corrected chi connectivity index (χ4v) is 5.26. The standard InChI is InChI=1S/C31H26F2N6O5/c1-31(29(41)37-30(42)38-31)17-8-10-18(11-9-17)34-27-25-22(35-26(36-27)24-20(32)5-4-6-21(24)33)15-39(28(25)40)14-16-7-12-19(43-2)13-23(16)44-3/h4-13H,14-15H2,1-3H3,(H,34,35,36)(H2,37,38,41,42). The molecule has 3 aromatic carbocycles. The Kier molecular flexibility index (Phi) is 7.08. The molecular formula is C31H26F2N6O5. The highest BCUT2D eigenvalue weighted by Gasteiger charge is 2.43. The number of anilines is 2. The molecule has 1 unspecified atom stereocenters. The lowest BCUT2D eigenvalue weighted by Gasteiger charge is -2.21. The highest BCUT2D eigenvalue weighted by molar-refractivity contribution is 6.07. The van der Waals surface area contributed by atoms with Gasteiger partial charge in [0, 0.05) is 17.3 Å². The van der Waals surface area contributed by atoms with E-state index in [0.717, 1.165) is 12.1 Å². The van der Waals surface area contributed by atoms with Crippen LogP contribution in [0.3, 0.4) is 0 Å². The van der Waals surface area contributed by atoms with Gasteiger partial charge in [-0.1, -0.05) is 18.2 Å². The summed E-state index contributed by atoms with van der Waals surface area (Å²) in [4.78, 5) is 48.2. The van der Waals surface area contributed by atoms with Crippen LogP contribution in [0.25, 0.3) is 11.4 Å². The molecule has 13 heteroatoms. The number of fused-ring (bicyclic) bond motifs is 1. The van der Waals surface area contributed by atoms with E-state index in [4.69, 9.17) is 9.47 Å². The van der Waals surface area contributed by atoms with E-state index in [9.17, 15) is 23.2 Å². The summed E-state index contributed by atoms with van der Waals surface area (Å²) in [6.07, 6.45) is 0. The molecule has 0 saturated carbocycles. The van der Waals surface area contributed by atoms with E-state index in [1.165, 1.54) is 25.2 Å². The predicted octanol–water partition coefficient (Wildman–Crippen LogP) is 4.39. The number of imide groups is 1. The van der Waals surface area contributed by atoms with Crippen molar-refractivity contribution in [2.75, 3.05) is 19.5 Å². The number of carbonyl (C=O) groups excluding carboxylic acids is 3. The number of hydrogen-bond acceptors (Lipinski definition) is 8. The largest absolute Gasteiger partial charge is 0.497 e. The number of methoxy groups -OCH3 is 2. The molecule has 6 rings (SSSR count). The van der Waals surface area contributed by atoms with Crippen molar-refractivity contribution in [3.8, 4) is 22.9 Å². The van der Waals surface area contributed by atoms with E-state index < -0.39 is 40.6 Å². The summed E-state index contributed by atoms with van der Waals surface area (Å²) in [6, 6.07) is 14.6. The maximum absolute atomic E-state index is 14.8. The molecule has 1 saturated heterocycles. The smallest absolute Gasteiger partial charge is 0.322 e. The Morgan fingerprint density at radius 1 is 0.955 bits per heavy atom. The minimum Gasteiger partial charge on any atom is -0.497 e. The van der Waals surface area contributed by atoms with E-state index >= 15 is 0 Å². The first-order valence-electron chi connectivity index (χ1n) is 13.5. The quantitative estimate of drug-likeness (QED) is 0.254. The number of hydrogen-bond donors (Lipinski definition) is 3. The van der Waals surface area contributed by atoms with E-state index in [-0.39, 0.29) is 36.0 Å². The van der Waals surface area contributed by atoms with Crippen LogP contribution in [0.1, 0.15) is 34.1 Å². The van der Waals surface area contributed by atoms with Crippen molar-refractivity contribution in [3.63, 3.8) is 0 Å². The lowest BCUT2D eigenvalue weighted by molar-refractivity contribution is -0.123. The van der Waals surface area contributed by atoms with Gasteiger partial charge in [-0.25, -0.2) is 23.5 Å². The number of halogens is 2. The van der Waals surface area contributed by atoms with Crippen LogP contribution < -0.4 is 25.4 Å². The Morgan fingerprint density at radius 3 is 2.32 bits per heavy atom. The summed E-state index contributed by atoms with van der Waals surface area (Å²) < 4.78 is 40.4. The zero-order chi connectivity index (χ0) is 31.2. The minimum atomic E-state index is -1.26. The molecule has 44 heavy (non-hydrogen) atoms. The van der Waals surface area contributed by atoms with Crippen molar-refractivity contribution < 1.29 is 32.6 Å². The van der Waals surface area contributed by atoms with Gasteiger partial charge in [0.05, 0.1) is 38.6 Å². The zero-order valence-corrected chi connectivity index (χ0v) is 23.8. The highest BCUT2D eigenvalue weighted by Crippen LogP contribution is 2.35. The molecule has 0 radical (unpaired) electrons. The Bertz CT molecular complexity index is 1810. The SMILES string of the molecule is COc1ccc(CN2Cc3nc(-c4c(F)cccc4F)nc(Nc4ccc(C5(C)NC(=O)NC5=O)cc4)c3C2=O)c(OC)c1. The molecule has 0 aliphatic carbocycles. The van der Waals surface area contributed by atoms with Gasteiger partial charge in [-0.15, -0.1) is 0 Å². The molecule has 4 amide bonds. The number of nitrogens with zero attached hydrogens (tertiary/aromatic N) is 3. The van der Waals surface area contributed by atoms with E-state index in [0.29, 0.717) is 28.3 Å². The molecule has 0 spiro atoms. The Hall–Kier alpha value is -5.59. The van der Waals surface area contributed by atoms with Crippen LogP contribution in [0.15, 0.2) is 60.7 Å². The third-order valence-electron chi connectivity index (χ3n) is 7.64. The van der Waals surface area contributed by atoms with Crippen molar-refractivity contribution in [2.24, 2.45) is 0 Å². The monoisotopic (exact) mass is 600 g/mol. The van der Waals surface area contributed by atoms with Gasteiger partial charge in [0.1, 0.15) is 40.1 Å². The lowest BCUT2D eigenvalue weighted by atomic mass is 9.92. The number of benzene rings is 3. The van der Waals surface area contributed by atoms with Crippen LogP contribution in [0, 0.1) is 11.6 Å². The first kappa shape index (κ1) is 28.5. The molecule has 3 heterocycles. The topological polar surface area (TPSA) is 135 Å². The summed E-state index contributed by atoms with van der Waals surface area (Å²) in [7, 11) is 3.05. The molecule has 1 fully saturated rings. The average Bonchev–Trinajstić information content (AvgIpc) is 3.46. The molecule has 1 atom stereocenters. The van der Waals surface area contributed by atoms with Gasteiger partial charge in [-0.05, 0) is 48.9 Å². The summed E-state index contributed by atoms with van der Waals surface area (Å²) >= 11 is 0. The third-order valence-corrected chi connectivity index (χ3v) is 7.64. The zero-order valence-electron chi connectivity index (χ0n) is 23.8. The van der Waals surface area contributed by atoms with Crippen LogP contribution in [-0.2, 0) is 23.4 Å². The van der Waals surface area contributed by atoms with Crippen molar-refractivity contribution in [1.82, 2.24) is 25.5 Å². The fourth-order valence-electron chi connectivity index (χ4n) is 5.26. The number of aromatic nitrogens is 2. The third kappa shape index (κ3) is 4.91. The lowest BCUT2D eigenvalue weighted by Crippen LogP contribution is -2.40. The number of carbonyl (C=O) groups is 3. The first-order valence-corrected chi connectivity index (χ1v) is 13.5. The molecule has 0 bridgehead atoms. The van der Waals surface area contributed by atoms with Gasteiger partial charge in [0.15, 0.2) is 5.82 Å². The maximum atomic E-state index is 14.8. The van der Waals surface area contributed by atoms with Crippen molar-refractivity contribution in [2.45, 2.75) is 25.6 Å². The molecule has 2 aliphatic heterocycles. The molecular weight excluding hydrogens is 574 g/mol. The second kappa shape index (κ2) is 10.9. The normalized spacial score (nSPS) is 17.3. The highest BCUT2D eigenvalue weighted by atomic mass is 19.1. The molecule has 3 N–H and O–H groups in total. The second-order valence-electron chi connectivity index (χ2n) is 10.4. The van der Waals surface area contributed by atoms with Gasteiger partial charge in [-0.3, -0.25) is 14.9 Å². The van der Waals surface area contributed by atoms with Crippen molar-refractivity contribution in [1.29, 1.82) is 0 Å². The second-order valence-corrected chi connectivity index (χ2v) is 10.4. The number of ether oxygens (including phenoxy) is 2. The van der Waals surface area contributed by atoms with Crippen molar-refractivity contribution >= 4 is 29.4 Å². The minimum absolute atomic E-state index is 0.0488. The van der Waals surface area contributed by atoms with Crippen LogP contribution in [0.5, 0.6) is 11.5 Å². The van der Waals surface area contributed by atoms with Gasteiger partial charge in [0.2, 0.25) is 0 Å². The van der Waals surface area contributed by atoms with Crippen LogP contribution in [0.4, 0.5) is 25.1 Å². The van der Waals surface area contributed by atoms with Gasteiger partial charge >= 0.3 is 6.03 Å². The summed E-state index contributed by atoms with van der Waals surface area (Å²) in [6.45, 7) is 1.79. The number of rotatable bonds is 8. The van der Waals surface area contributed by atoms with Crippen molar-refractivity contribution in [3.05, 3.63) is 94.7 Å². The predicted molar refractivity (Wildman–Crippen MR) is 154 cm³/mol. The molecule has 1 aromatic heterocycles. The van der Waals surface area contributed by atoms with E-state index in [1.807, 2.05) is 0 Å². The summed E-state index contributed by atoms with van der Waals surface area (Å²) in [5, 5.41) is 7.91.